The van der Waals surface area contributed by atoms with E-state index in [9.17, 15) is 14.7 Å². The second-order valence-electron chi connectivity index (χ2n) is 4.86. The Morgan fingerprint density at radius 3 is 2.76 bits per heavy atom. The van der Waals surface area contributed by atoms with Gasteiger partial charge >= 0.3 is 12.0 Å². The minimum Gasteiger partial charge on any atom is -0.480 e. The Hall–Kier alpha value is -2.48. The number of urea groups is 1. The molecule has 1 aliphatic rings. The molecule has 5 heteroatoms. The molecule has 1 aliphatic heterocycles. The van der Waals surface area contributed by atoms with Crippen molar-refractivity contribution in [3.63, 3.8) is 0 Å². The van der Waals surface area contributed by atoms with Crippen molar-refractivity contribution >= 4 is 12.0 Å². The van der Waals surface area contributed by atoms with E-state index in [-0.39, 0.29) is 6.03 Å². The minimum atomic E-state index is -0.979. The Balaban J connectivity index is 2.10. The number of amides is 2. The molecular weight excluding hydrogens is 268 g/mol. The van der Waals surface area contributed by atoms with Crippen LogP contribution in [-0.2, 0) is 17.8 Å². The van der Waals surface area contributed by atoms with E-state index in [1.54, 1.807) is 6.92 Å². The SMILES string of the molecule is CC#CCCNC(=O)N1Cc2ccccc2CC1C(=O)O. The maximum absolute atomic E-state index is 12.2. The molecule has 110 valence electrons. The van der Waals surface area contributed by atoms with E-state index in [0.29, 0.717) is 25.9 Å². The molecule has 0 aromatic heterocycles. The van der Waals surface area contributed by atoms with Gasteiger partial charge in [-0.25, -0.2) is 9.59 Å². The van der Waals surface area contributed by atoms with E-state index >= 15 is 0 Å². The number of carboxylic acids is 1. The summed E-state index contributed by atoms with van der Waals surface area (Å²) in [4.78, 5) is 25.0. The Bertz CT molecular complexity index is 601. The Morgan fingerprint density at radius 2 is 2.10 bits per heavy atom. The smallest absolute Gasteiger partial charge is 0.326 e. The minimum absolute atomic E-state index is 0.318. The van der Waals surface area contributed by atoms with Crippen molar-refractivity contribution in [1.29, 1.82) is 0 Å². The molecule has 2 N–H and O–H groups in total. The van der Waals surface area contributed by atoms with E-state index in [4.69, 9.17) is 0 Å². The zero-order valence-corrected chi connectivity index (χ0v) is 11.9. The monoisotopic (exact) mass is 286 g/mol. The molecule has 1 aromatic carbocycles. The number of rotatable bonds is 3. The first-order valence-electron chi connectivity index (χ1n) is 6.87. The molecule has 5 nitrogen and oxygen atoms in total. The number of benzene rings is 1. The number of hydrogen-bond donors (Lipinski definition) is 2. The quantitative estimate of drug-likeness (QED) is 0.655. The molecule has 1 atom stereocenters. The van der Waals surface area contributed by atoms with E-state index in [1.165, 1.54) is 4.90 Å². The van der Waals surface area contributed by atoms with Crippen molar-refractivity contribution in [2.24, 2.45) is 0 Å². The summed E-state index contributed by atoms with van der Waals surface area (Å²) in [6.45, 7) is 2.48. The third-order valence-electron chi connectivity index (χ3n) is 3.50. The number of carboxylic acid groups (broad SMARTS) is 1. The van der Waals surface area contributed by atoms with Gasteiger partial charge in [-0.15, -0.1) is 11.8 Å². The van der Waals surface area contributed by atoms with Crippen LogP contribution in [0, 0.1) is 11.8 Å². The number of nitrogens with zero attached hydrogens (tertiary/aromatic N) is 1. The van der Waals surface area contributed by atoms with Crippen LogP contribution in [0.15, 0.2) is 24.3 Å². The molecule has 0 fully saturated rings. The average molecular weight is 286 g/mol. The molecule has 1 unspecified atom stereocenters. The van der Waals surface area contributed by atoms with Crippen molar-refractivity contribution < 1.29 is 14.7 Å². The molecule has 0 spiro atoms. The van der Waals surface area contributed by atoms with Crippen LogP contribution < -0.4 is 5.32 Å². The maximum atomic E-state index is 12.2. The zero-order chi connectivity index (χ0) is 15.2. The standard InChI is InChI=1S/C16H18N2O3/c1-2-3-6-9-17-16(21)18-11-13-8-5-4-7-12(13)10-14(18)15(19)20/h4-5,7-8,14H,6,9-11H2,1H3,(H,17,21)(H,19,20). The first-order chi connectivity index (χ1) is 10.1. The lowest BCUT2D eigenvalue weighted by atomic mass is 9.94. The molecule has 2 amide bonds. The van der Waals surface area contributed by atoms with E-state index in [1.807, 2.05) is 24.3 Å². The lowest BCUT2D eigenvalue weighted by Crippen LogP contribution is -2.52. The van der Waals surface area contributed by atoms with Gasteiger partial charge in [0.15, 0.2) is 0 Å². The summed E-state index contributed by atoms with van der Waals surface area (Å²) in [6.07, 6.45) is 0.901. The van der Waals surface area contributed by atoms with Gasteiger partial charge in [0, 0.05) is 25.9 Å². The molecule has 0 radical (unpaired) electrons. The molecule has 0 aliphatic carbocycles. The largest absolute Gasteiger partial charge is 0.480 e. The highest BCUT2D eigenvalue weighted by Gasteiger charge is 2.34. The van der Waals surface area contributed by atoms with Crippen LogP contribution in [0.1, 0.15) is 24.5 Å². The second kappa shape index (κ2) is 6.80. The van der Waals surface area contributed by atoms with Crippen molar-refractivity contribution in [3.05, 3.63) is 35.4 Å². The number of carbonyl (C=O) groups is 2. The normalized spacial score (nSPS) is 16.4. The first-order valence-corrected chi connectivity index (χ1v) is 6.87. The summed E-state index contributed by atoms with van der Waals surface area (Å²) in [5.74, 6) is 4.63. The van der Waals surface area contributed by atoms with E-state index in [2.05, 4.69) is 17.2 Å². The lowest BCUT2D eigenvalue weighted by Gasteiger charge is -2.34. The van der Waals surface area contributed by atoms with Gasteiger partial charge in [0.1, 0.15) is 6.04 Å². The molecule has 2 rings (SSSR count). The highest BCUT2D eigenvalue weighted by molar-refractivity contribution is 5.83. The molecule has 21 heavy (non-hydrogen) atoms. The molecular formula is C16H18N2O3. The Morgan fingerprint density at radius 1 is 1.38 bits per heavy atom. The maximum Gasteiger partial charge on any atom is 0.326 e. The fourth-order valence-electron chi connectivity index (χ4n) is 2.42. The van der Waals surface area contributed by atoms with Crippen molar-refractivity contribution in [3.8, 4) is 11.8 Å². The number of hydrogen-bond acceptors (Lipinski definition) is 2. The highest BCUT2D eigenvalue weighted by atomic mass is 16.4. The predicted octanol–water partition coefficient (Wildman–Crippen LogP) is 1.62. The summed E-state index contributed by atoms with van der Waals surface area (Å²) in [5.41, 5.74) is 1.99. The van der Waals surface area contributed by atoms with Crippen molar-refractivity contribution in [2.75, 3.05) is 6.54 Å². The van der Waals surface area contributed by atoms with Gasteiger partial charge in [0.05, 0.1) is 0 Å². The fraction of sp³-hybridized carbons (Fsp3) is 0.375. The van der Waals surface area contributed by atoms with Gasteiger partial charge in [-0.05, 0) is 18.1 Å². The fourth-order valence-corrected chi connectivity index (χ4v) is 2.42. The van der Waals surface area contributed by atoms with Crippen LogP contribution in [0.3, 0.4) is 0 Å². The Labute approximate surface area is 124 Å². The predicted molar refractivity (Wildman–Crippen MR) is 78.6 cm³/mol. The first kappa shape index (κ1) is 14.9. The Kier molecular flexibility index (Phi) is 4.83. The third-order valence-corrected chi connectivity index (χ3v) is 3.50. The third kappa shape index (κ3) is 3.54. The van der Waals surface area contributed by atoms with Crippen LogP contribution in [0.25, 0.3) is 0 Å². The highest BCUT2D eigenvalue weighted by Crippen LogP contribution is 2.23. The van der Waals surface area contributed by atoms with Gasteiger partial charge < -0.3 is 15.3 Å². The number of carbonyl (C=O) groups excluding carboxylic acids is 1. The molecule has 1 aromatic rings. The summed E-state index contributed by atoms with van der Waals surface area (Å²) >= 11 is 0. The number of nitrogens with one attached hydrogen (secondary N) is 1. The van der Waals surface area contributed by atoms with Gasteiger partial charge in [0.25, 0.3) is 0 Å². The van der Waals surface area contributed by atoms with Crippen molar-refractivity contribution in [2.45, 2.75) is 32.4 Å². The second-order valence-corrected chi connectivity index (χ2v) is 4.86. The zero-order valence-electron chi connectivity index (χ0n) is 11.9. The van der Waals surface area contributed by atoms with Gasteiger partial charge in [0.2, 0.25) is 0 Å². The molecule has 0 saturated carbocycles. The molecule has 0 bridgehead atoms. The van der Waals surface area contributed by atoms with Gasteiger partial charge in [-0.1, -0.05) is 24.3 Å². The lowest BCUT2D eigenvalue weighted by molar-refractivity contribution is -0.142. The van der Waals surface area contributed by atoms with Gasteiger partial charge in [-0.2, -0.15) is 0 Å². The summed E-state index contributed by atoms with van der Waals surface area (Å²) < 4.78 is 0. The summed E-state index contributed by atoms with van der Waals surface area (Å²) in [6, 6.07) is 6.45. The summed E-state index contributed by atoms with van der Waals surface area (Å²) in [7, 11) is 0. The van der Waals surface area contributed by atoms with E-state index in [0.717, 1.165) is 11.1 Å². The number of fused-ring (bicyclic) bond motifs is 1. The average Bonchev–Trinajstić information content (AvgIpc) is 2.50. The topological polar surface area (TPSA) is 69.6 Å². The van der Waals surface area contributed by atoms with Crippen LogP contribution >= 0.6 is 0 Å². The van der Waals surface area contributed by atoms with Crippen LogP contribution in [0.5, 0.6) is 0 Å². The van der Waals surface area contributed by atoms with Crippen molar-refractivity contribution in [1.82, 2.24) is 10.2 Å². The van der Waals surface area contributed by atoms with E-state index < -0.39 is 12.0 Å². The van der Waals surface area contributed by atoms with Crippen LogP contribution in [0.4, 0.5) is 4.79 Å². The molecule has 0 saturated heterocycles. The molecule has 1 heterocycles. The van der Waals surface area contributed by atoms with Crippen LogP contribution in [0.2, 0.25) is 0 Å². The number of aliphatic carboxylic acids is 1. The van der Waals surface area contributed by atoms with Crippen LogP contribution in [-0.4, -0.2) is 34.6 Å². The van der Waals surface area contributed by atoms with Gasteiger partial charge in [-0.3, -0.25) is 0 Å². The summed E-state index contributed by atoms with van der Waals surface area (Å²) in [5, 5.41) is 12.1.